The van der Waals surface area contributed by atoms with E-state index in [4.69, 9.17) is 23.2 Å². The summed E-state index contributed by atoms with van der Waals surface area (Å²) in [6.07, 6.45) is 4.77. The predicted octanol–water partition coefficient (Wildman–Crippen LogP) is 5.14. The van der Waals surface area contributed by atoms with Gasteiger partial charge in [-0.3, -0.25) is 4.57 Å². The zero-order valence-electron chi connectivity index (χ0n) is 10.4. The fourth-order valence-electron chi connectivity index (χ4n) is 1.97. The molecule has 0 radical (unpaired) electrons. The van der Waals surface area contributed by atoms with E-state index in [-0.39, 0.29) is 10.2 Å². The predicted molar refractivity (Wildman–Crippen MR) is 84.5 cm³/mol. The van der Waals surface area contributed by atoms with Gasteiger partial charge in [-0.1, -0.05) is 29.3 Å². The monoisotopic (exact) mass is 385 g/mol. The Balaban J connectivity index is 2.25. The number of imidazole rings is 1. The van der Waals surface area contributed by atoms with E-state index in [0.29, 0.717) is 17.1 Å². The summed E-state index contributed by atoms with van der Waals surface area (Å²) in [6, 6.07) is 6.52. The molecule has 1 aromatic carbocycles. The number of hydrogen-bond donors (Lipinski definition) is 0. The summed E-state index contributed by atoms with van der Waals surface area (Å²) < 4.78 is 16.5. The van der Waals surface area contributed by atoms with Gasteiger partial charge in [-0.2, -0.15) is 0 Å². The maximum atomic E-state index is 14.2. The first-order valence-electron chi connectivity index (χ1n) is 5.87. The van der Waals surface area contributed by atoms with Crippen LogP contribution in [-0.4, -0.2) is 14.5 Å². The zero-order valence-corrected chi connectivity index (χ0v) is 13.5. The summed E-state index contributed by atoms with van der Waals surface area (Å²) in [5.74, 6) is -0.0457. The third kappa shape index (κ3) is 2.57. The number of hydrogen-bond acceptors (Lipinski definition) is 2. The van der Waals surface area contributed by atoms with Crippen molar-refractivity contribution in [3.63, 3.8) is 0 Å². The van der Waals surface area contributed by atoms with E-state index in [1.165, 1.54) is 6.07 Å². The smallest absolute Gasteiger partial charge is 0.165 e. The van der Waals surface area contributed by atoms with Gasteiger partial charge in [0.2, 0.25) is 0 Å². The Bertz CT molecular complexity index is 799. The van der Waals surface area contributed by atoms with Crippen LogP contribution in [0.4, 0.5) is 4.39 Å². The van der Waals surface area contributed by atoms with Crippen molar-refractivity contribution in [1.29, 1.82) is 0 Å². The summed E-state index contributed by atoms with van der Waals surface area (Å²) in [4.78, 5) is 8.29. The van der Waals surface area contributed by atoms with Crippen molar-refractivity contribution in [3.05, 3.63) is 63.3 Å². The molecule has 0 N–H and O–H groups in total. The molecule has 2 aromatic heterocycles. The number of rotatable bonds is 2. The summed E-state index contributed by atoms with van der Waals surface area (Å²) in [7, 11) is 0. The molecule has 7 heteroatoms. The van der Waals surface area contributed by atoms with Gasteiger partial charge in [0.25, 0.3) is 0 Å². The molecule has 0 spiro atoms. The molecule has 0 amide bonds. The first kappa shape index (κ1) is 14.5. The molecule has 0 fully saturated rings. The van der Waals surface area contributed by atoms with Crippen LogP contribution in [-0.2, 0) is 0 Å². The van der Waals surface area contributed by atoms with E-state index >= 15 is 0 Å². The van der Waals surface area contributed by atoms with Crippen LogP contribution in [0.15, 0.2) is 47.3 Å². The highest BCUT2D eigenvalue weighted by Crippen LogP contribution is 2.34. The molecule has 0 aliphatic heterocycles. The van der Waals surface area contributed by atoms with Crippen LogP contribution in [0.25, 0.3) is 17.1 Å². The van der Waals surface area contributed by atoms with Crippen LogP contribution < -0.4 is 0 Å². The molecular formula is C14H7BrCl2FN3. The Hall–Kier alpha value is -1.43. The number of pyridine rings is 1. The van der Waals surface area contributed by atoms with Crippen molar-refractivity contribution < 1.29 is 4.39 Å². The van der Waals surface area contributed by atoms with Crippen LogP contribution in [0.2, 0.25) is 10.2 Å². The molecular weight excluding hydrogens is 380 g/mol. The molecule has 106 valence electrons. The fourth-order valence-corrected chi connectivity index (χ4v) is 2.98. The lowest BCUT2D eigenvalue weighted by Crippen LogP contribution is -2.01. The number of aromatic nitrogens is 3. The summed E-state index contributed by atoms with van der Waals surface area (Å²) in [5, 5.41) is 0.322. The maximum absolute atomic E-state index is 14.2. The van der Waals surface area contributed by atoms with Gasteiger partial charge in [0, 0.05) is 23.1 Å². The van der Waals surface area contributed by atoms with Crippen molar-refractivity contribution in [2.45, 2.75) is 0 Å². The van der Waals surface area contributed by atoms with E-state index in [0.717, 1.165) is 4.47 Å². The van der Waals surface area contributed by atoms with E-state index in [2.05, 4.69) is 25.9 Å². The lowest BCUT2D eigenvalue weighted by molar-refractivity contribution is 0.619. The maximum Gasteiger partial charge on any atom is 0.165 e. The molecule has 0 atom stereocenters. The number of halogens is 4. The van der Waals surface area contributed by atoms with Gasteiger partial charge in [0.15, 0.2) is 5.82 Å². The second-order valence-electron chi connectivity index (χ2n) is 4.15. The SMILES string of the molecule is Fc1c(Cl)cccc1-n1ccnc1-c1c(Br)ccnc1Cl. The molecule has 0 bridgehead atoms. The fraction of sp³-hybridized carbons (Fsp3) is 0. The third-order valence-electron chi connectivity index (χ3n) is 2.91. The van der Waals surface area contributed by atoms with Gasteiger partial charge in [0.05, 0.1) is 16.3 Å². The molecule has 21 heavy (non-hydrogen) atoms. The summed E-state index contributed by atoms with van der Waals surface area (Å²) >= 11 is 15.4. The Labute approximate surface area is 138 Å². The molecule has 3 rings (SSSR count). The Morgan fingerprint density at radius 2 is 1.90 bits per heavy atom. The highest BCUT2D eigenvalue weighted by atomic mass is 79.9. The molecule has 0 aliphatic carbocycles. The Morgan fingerprint density at radius 1 is 1.10 bits per heavy atom. The van der Waals surface area contributed by atoms with Crippen molar-refractivity contribution >= 4 is 39.1 Å². The van der Waals surface area contributed by atoms with Crippen LogP contribution in [0.5, 0.6) is 0 Å². The zero-order chi connectivity index (χ0) is 15.0. The molecule has 0 saturated heterocycles. The minimum absolute atomic E-state index is 0.0449. The van der Waals surface area contributed by atoms with Crippen LogP contribution in [0.1, 0.15) is 0 Å². The van der Waals surface area contributed by atoms with E-state index in [1.807, 2.05) is 0 Å². The molecule has 3 aromatic rings. The van der Waals surface area contributed by atoms with Crippen LogP contribution >= 0.6 is 39.1 Å². The molecule has 2 heterocycles. The van der Waals surface area contributed by atoms with Crippen LogP contribution in [0, 0.1) is 5.82 Å². The summed E-state index contributed by atoms with van der Waals surface area (Å²) in [5.41, 5.74) is 0.880. The van der Waals surface area contributed by atoms with Gasteiger partial charge in [-0.05, 0) is 34.1 Å². The second kappa shape index (κ2) is 5.75. The number of nitrogens with zero attached hydrogens (tertiary/aromatic N) is 3. The topological polar surface area (TPSA) is 30.7 Å². The lowest BCUT2D eigenvalue weighted by Gasteiger charge is -2.11. The lowest BCUT2D eigenvalue weighted by atomic mass is 10.2. The first-order valence-corrected chi connectivity index (χ1v) is 7.42. The van der Waals surface area contributed by atoms with Gasteiger partial charge >= 0.3 is 0 Å². The van der Waals surface area contributed by atoms with E-state index < -0.39 is 5.82 Å². The van der Waals surface area contributed by atoms with E-state index in [9.17, 15) is 4.39 Å². The highest BCUT2D eigenvalue weighted by Gasteiger charge is 2.18. The quantitative estimate of drug-likeness (QED) is 0.570. The van der Waals surface area contributed by atoms with Gasteiger partial charge in [0.1, 0.15) is 11.0 Å². The standard InChI is InChI=1S/C14H7BrCl2FN3/c15-8-4-5-19-13(17)11(8)14-20-6-7-21(14)10-3-1-2-9(16)12(10)18/h1-7H. The van der Waals surface area contributed by atoms with Crippen molar-refractivity contribution in [2.24, 2.45) is 0 Å². The summed E-state index contributed by atoms with van der Waals surface area (Å²) in [6.45, 7) is 0. The Morgan fingerprint density at radius 3 is 2.67 bits per heavy atom. The van der Waals surface area contributed by atoms with Crippen molar-refractivity contribution in [3.8, 4) is 17.1 Å². The molecule has 0 saturated carbocycles. The third-order valence-corrected chi connectivity index (χ3v) is 4.15. The Kier molecular flexibility index (Phi) is 3.97. The van der Waals surface area contributed by atoms with Gasteiger partial charge in [-0.25, -0.2) is 14.4 Å². The molecule has 3 nitrogen and oxygen atoms in total. The van der Waals surface area contributed by atoms with E-state index in [1.54, 1.807) is 41.4 Å². The molecule has 0 unspecified atom stereocenters. The minimum Gasteiger partial charge on any atom is -0.297 e. The normalized spacial score (nSPS) is 10.9. The largest absolute Gasteiger partial charge is 0.297 e. The highest BCUT2D eigenvalue weighted by molar-refractivity contribution is 9.10. The first-order chi connectivity index (χ1) is 10.1. The second-order valence-corrected chi connectivity index (χ2v) is 5.77. The van der Waals surface area contributed by atoms with Gasteiger partial charge in [-0.15, -0.1) is 0 Å². The van der Waals surface area contributed by atoms with Crippen molar-refractivity contribution in [1.82, 2.24) is 14.5 Å². The average Bonchev–Trinajstić information content (AvgIpc) is 2.91. The van der Waals surface area contributed by atoms with Crippen molar-refractivity contribution in [2.75, 3.05) is 0 Å². The average molecular weight is 387 g/mol. The minimum atomic E-state index is -0.519. The van der Waals surface area contributed by atoms with Crippen LogP contribution in [0.3, 0.4) is 0 Å². The van der Waals surface area contributed by atoms with Gasteiger partial charge < -0.3 is 0 Å². The molecule has 0 aliphatic rings. The number of benzene rings is 1.